The first-order valence-electron chi connectivity index (χ1n) is 11.8. The van der Waals surface area contributed by atoms with Crippen LogP contribution in [0.3, 0.4) is 0 Å². The average Bonchev–Trinajstić information content (AvgIpc) is 3.41. The van der Waals surface area contributed by atoms with Gasteiger partial charge in [0.05, 0.1) is 23.5 Å². The number of nitrogens with zero attached hydrogens (tertiary/aromatic N) is 6. The van der Waals surface area contributed by atoms with Gasteiger partial charge in [0.15, 0.2) is 0 Å². The van der Waals surface area contributed by atoms with Crippen LogP contribution in [-0.4, -0.2) is 78.0 Å². The molecule has 3 heterocycles. The molecule has 0 saturated carbocycles. The molecule has 2 amide bonds. The highest BCUT2D eigenvalue weighted by Crippen LogP contribution is 2.17. The van der Waals surface area contributed by atoms with Gasteiger partial charge in [0.2, 0.25) is 5.95 Å². The SMILES string of the molecule is CCCN(CC(CC)N(C)C(=O)OC(C)(C)C)C(=O)c1cnn(-c2nn3cccc3c(=O)[nH]2)c1C. The summed E-state index contributed by atoms with van der Waals surface area (Å²) in [5.74, 6) is 0.0180. The molecular formula is C24H35N7O4. The summed E-state index contributed by atoms with van der Waals surface area (Å²) in [6.07, 6.45) is 4.15. The van der Waals surface area contributed by atoms with Crippen LogP contribution >= 0.6 is 0 Å². The third kappa shape index (κ3) is 5.72. The Morgan fingerprint density at radius 3 is 2.60 bits per heavy atom. The Bertz CT molecular complexity index is 1250. The largest absolute Gasteiger partial charge is 0.444 e. The van der Waals surface area contributed by atoms with Gasteiger partial charge in [0, 0.05) is 26.3 Å². The van der Waals surface area contributed by atoms with E-state index in [-0.39, 0.29) is 23.5 Å². The number of ether oxygens (including phenoxy) is 1. The number of rotatable bonds is 8. The molecule has 1 N–H and O–H groups in total. The number of likely N-dealkylation sites (N-methyl/N-ethyl adjacent to an activating group) is 1. The maximum atomic E-state index is 13.6. The third-order valence-corrected chi connectivity index (χ3v) is 5.74. The van der Waals surface area contributed by atoms with Crippen molar-refractivity contribution >= 4 is 17.5 Å². The topological polar surface area (TPSA) is 118 Å². The van der Waals surface area contributed by atoms with Crippen LogP contribution in [0.1, 0.15) is 63.5 Å². The number of aromatic nitrogens is 5. The zero-order chi connectivity index (χ0) is 25.9. The zero-order valence-electron chi connectivity index (χ0n) is 21.5. The first kappa shape index (κ1) is 26.0. The smallest absolute Gasteiger partial charge is 0.410 e. The second-order valence-corrected chi connectivity index (χ2v) is 9.58. The van der Waals surface area contributed by atoms with Crippen LogP contribution in [0.2, 0.25) is 0 Å². The molecule has 0 aliphatic rings. The van der Waals surface area contributed by atoms with E-state index in [1.807, 2.05) is 34.6 Å². The van der Waals surface area contributed by atoms with Crippen LogP contribution in [0.25, 0.3) is 11.5 Å². The van der Waals surface area contributed by atoms with Crippen molar-refractivity contribution in [1.29, 1.82) is 0 Å². The summed E-state index contributed by atoms with van der Waals surface area (Å²) in [7, 11) is 1.69. The summed E-state index contributed by atoms with van der Waals surface area (Å²) in [5, 5.41) is 8.72. The molecule has 0 radical (unpaired) electrons. The van der Waals surface area contributed by atoms with Gasteiger partial charge in [-0.2, -0.15) is 5.10 Å². The highest BCUT2D eigenvalue weighted by Gasteiger charge is 2.29. The molecule has 3 aromatic heterocycles. The fraction of sp³-hybridized carbons (Fsp3) is 0.542. The highest BCUT2D eigenvalue weighted by molar-refractivity contribution is 5.95. The van der Waals surface area contributed by atoms with Gasteiger partial charge in [-0.05, 0) is 52.7 Å². The number of amides is 2. The number of aromatic amines is 1. The minimum atomic E-state index is -0.604. The molecule has 0 aliphatic carbocycles. The van der Waals surface area contributed by atoms with Crippen molar-refractivity contribution in [3.63, 3.8) is 0 Å². The summed E-state index contributed by atoms with van der Waals surface area (Å²) in [6, 6.07) is 3.18. The van der Waals surface area contributed by atoms with E-state index < -0.39 is 11.7 Å². The van der Waals surface area contributed by atoms with Crippen LogP contribution in [0, 0.1) is 6.92 Å². The van der Waals surface area contributed by atoms with E-state index in [1.54, 1.807) is 42.1 Å². The van der Waals surface area contributed by atoms with E-state index in [0.29, 0.717) is 36.3 Å². The van der Waals surface area contributed by atoms with Crippen LogP contribution in [0.5, 0.6) is 0 Å². The average molecular weight is 486 g/mol. The maximum Gasteiger partial charge on any atom is 0.410 e. The predicted octanol–water partition coefficient (Wildman–Crippen LogP) is 3.01. The standard InChI is InChI=1S/C24H35N7O4/c1-8-12-29(15-17(9-2)28(7)23(34)35-24(4,5)6)21(33)18-14-25-31(16(18)3)22-26-20(32)19-11-10-13-30(19)27-22/h10-11,13-14,17H,8-9,12,15H2,1-7H3,(H,26,27,32). The van der Waals surface area contributed by atoms with Gasteiger partial charge in [-0.1, -0.05) is 13.8 Å². The summed E-state index contributed by atoms with van der Waals surface area (Å²) in [6.45, 7) is 12.1. The van der Waals surface area contributed by atoms with Gasteiger partial charge in [-0.3, -0.25) is 14.6 Å². The molecule has 0 spiro atoms. The van der Waals surface area contributed by atoms with Crippen molar-refractivity contribution in [3.8, 4) is 5.95 Å². The van der Waals surface area contributed by atoms with Crippen molar-refractivity contribution in [2.45, 2.75) is 66.0 Å². The lowest BCUT2D eigenvalue weighted by molar-refractivity contribution is 0.0177. The van der Waals surface area contributed by atoms with E-state index in [0.717, 1.165) is 6.42 Å². The second kappa shape index (κ2) is 10.3. The van der Waals surface area contributed by atoms with Crippen molar-refractivity contribution in [3.05, 3.63) is 46.1 Å². The van der Waals surface area contributed by atoms with Gasteiger partial charge in [0.1, 0.15) is 11.1 Å². The molecule has 3 rings (SSSR count). The van der Waals surface area contributed by atoms with E-state index in [2.05, 4.69) is 15.2 Å². The van der Waals surface area contributed by atoms with Gasteiger partial charge in [-0.15, -0.1) is 5.10 Å². The molecule has 11 heteroatoms. The van der Waals surface area contributed by atoms with Gasteiger partial charge in [-0.25, -0.2) is 14.0 Å². The Labute approximate surface area is 204 Å². The maximum absolute atomic E-state index is 13.6. The number of fused-ring (bicyclic) bond motifs is 1. The predicted molar refractivity (Wildman–Crippen MR) is 132 cm³/mol. The lowest BCUT2D eigenvalue weighted by atomic mass is 10.1. The molecule has 1 unspecified atom stereocenters. The van der Waals surface area contributed by atoms with Crippen molar-refractivity contribution < 1.29 is 14.3 Å². The molecule has 0 fully saturated rings. The molecule has 1 atom stereocenters. The number of carbonyl (C=O) groups is 2. The summed E-state index contributed by atoms with van der Waals surface area (Å²) in [4.78, 5) is 44.5. The Kier molecular flexibility index (Phi) is 7.67. The first-order chi connectivity index (χ1) is 16.5. The Morgan fingerprint density at radius 2 is 1.97 bits per heavy atom. The van der Waals surface area contributed by atoms with Crippen molar-refractivity contribution in [2.75, 3.05) is 20.1 Å². The number of hydrogen-bond donors (Lipinski definition) is 1. The summed E-state index contributed by atoms with van der Waals surface area (Å²) >= 11 is 0. The Morgan fingerprint density at radius 1 is 1.26 bits per heavy atom. The number of carbonyl (C=O) groups excluding carboxylic acids is 2. The van der Waals surface area contributed by atoms with E-state index >= 15 is 0 Å². The van der Waals surface area contributed by atoms with Crippen LogP contribution < -0.4 is 5.56 Å². The lowest BCUT2D eigenvalue weighted by Crippen LogP contribution is -2.48. The van der Waals surface area contributed by atoms with E-state index in [1.165, 1.54) is 15.4 Å². The molecule has 0 aliphatic heterocycles. The Balaban J connectivity index is 1.85. The molecule has 35 heavy (non-hydrogen) atoms. The first-order valence-corrected chi connectivity index (χ1v) is 11.8. The summed E-state index contributed by atoms with van der Waals surface area (Å²) in [5.41, 5.74) is 0.477. The lowest BCUT2D eigenvalue weighted by Gasteiger charge is -2.34. The molecule has 190 valence electrons. The quantitative estimate of drug-likeness (QED) is 0.524. The molecule has 3 aromatic rings. The summed E-state index contributed by atoms with van der Waals surface area (Å²) < 4.78 is 8.42. The van der Waals surface area contributed by atoms with Gasteiger partial charge < -0.3 is 14.5 Å². The molecule has 0 saturated heterocycles. The van der Waals surface area contributed by atoms with E-state index in [4.69, 9.17) is 4.74 Å². The Hall–Kier alpha value is -3.63. The van der Waals surface area contributed by atoms with Crippen LogP contribution in [0.4, 0.5) is 4.79 Å². The normalized spacial score (nSPS) is 12.5. The van der Waals surface area contributed by atoms with Crippen LogP contribution in [-0.2, 0) is 4.74 Å². The third-order valence-electron chi connectivity index (χ3n) is 5.74. The second-order valence-electron chi connectivity index (χ2n) is 9.58. The molecule has 0 bridgehead atoms. The minimum absolute atomic E-state index is 0.198. The number of hydrogen-bond acceptors (Lipinski definition) is 6. The molecular weight excluding hydrogens is 450 g/mol. The molecule has 11 nitrogen and oxygen atoms in total. The zero-order valence-corrected chi connectivity index (χ0v) is 21.5. The number of nitrogens with one attached hydrogen (secondary N) is 1. The fourth-order valence-corrected chi connectivity index (χ4v) is 3.84. The molecule has 0 aromatic carbocycles. The fourth-order valence-electron chi connectivity index (χ4n) is 3.84. The van der Waals surface area contributed by atoms with Crippen molar-refractivity contribution in [2.24, 2.45) is 0 Å². The number of H-pyrrole nitrogens is 1. The van der Waals surface area contributed by atoms with E-state index in [9.17, 15) is 14.4 Å². The van der Waals surface area contributed by atoms with Gasteiger partial charge in [0.25, 0.3) is 11.5 Å². The minimum Gasteiger partial charge on any atom is -0.444 e. The van der Waals surface area contributed by atoms with Crippen LogP contribution in [0.15, 0.2) is 29.3 Å². The monoisotopic (exact) mass is 485 g/mol. The van der Waals surface area contributed by atoms with Crippen molar-refractivity contribution in [1.82, 2.24) is 34.2 Å². The highest BCUT2D eigenvalue weighted by atomic mass is 16.6. The van der Waals surface area contributed by atoms with Gasteiger partial charge >= 0.3 is 6.09 Å².